The lowest BCUT2D eigenvalue weighted by atomic mass is 10.1. The van der Waals surface area contributed by atoms with E-state index in [0.29, 0.717) is 12.1 Å². The van der Waals surface area contributed by atoms with Crippen LogP contribution >= 0.6 is 39.9 Å². The summed E-state index contributed by atoms with van der Waals surface area (Å²) < 4.78 is 1.10. The molecule has 7 heteroatoms. The number of carbonyl (C=O) groups is 1. The third-order valence-electron chi connectivity index (χ3n) is 4.30. The van der Waals surface area contributed by atoms with Crippen LogP contribution in [-0.2, 0) is 13.0 Å². The molecule has 29 heavy (non-hydrogen) atoms. The number of halogens is 2. The number of amides is 1. The van der Waals surface area contributed by atoms with Crippen molar-refractivity contribution in [3.05, 3.63) is 69.7 Å². The van der Waals surface area contributed by atoms with Crippen molar-refractivity contribution in [3.63, 3.8) is 0 Å². The van der Waals surface area contributed by atoms with Gasteiger partial charge in [0.25, 0.3) is 5.91 Å². The Morgan fingerprint density at radius 2 is 1.83 bits per heavy atom. The van der Waals surface area contributed by atoms with E-state index in [0.717, 1.165) is 35.5 Å². The van der Waals surface area contributed by atoms with Gasteiger partial charge in [0.05, 0.1) is 0 Å². The number of nitrogens with one attached hydrogen (secondary N) is 1. The fourth-order valence-electron chi connectivity index (χ4n) is 2.84. The summed E-state index contributed by atoms with van der Waals surface area (Å²) in [5.74, 6) is 0.894. The molecule has 5 nitrogen and oxygen atoms in total. The Bertz CT molecular complexity index is 826. The summed E-state index contributed by atoms with van der Waals surface area (Å²) in [5.41, 5.74) is 3.04. The minimum absolute atomic E-state index is 0. The molecular weight excluding hydrogens is 543 g/mol. The normalized spacial score (nSPS) is 10.9. The number of benzene rings is 2. The number of aliphatic imine (C=N–C) groups is 1. The number of hydrogen-bond donors (Lipinski definition) is 1. The fraction of sp³-hybridized carbons (Fsp3) is 0.364. The van der Waals surface area contributed by atoms with Crippen LogP contribution in [-0.4, -0.2) is 55.9 Å². The average molecular weight is 573 g/mol. The van der Waals surface area contributed by atoms with Crippen molar-refractivity contribution < 1.29 is 4.79 Å². The molecule has 2 aromatic rings. The molecular formula is C22H30BrIN4O. The largest absolute Gasteiger partial charge is 0.357 e. The third-order valence-corrected chi connectivity index (χ3v) is 5.08. The van der Waals surface area contributed by atoms with Crippen molar-refractivity contribution in [2.75, 3.05) is 34.2 Å². The lowest BCUT2D eigenvalue weighted by molar-refractivity contribution is 0.0827. The quantitative estimate of drug-likeness (QED) is 0.304. The van der Waals surface area contributed by atoms with E-state index in [2.05, 4.69) is 45.2 Å². The lowest BCUT2D eigenvalue weighted by Crippen LogP contribution is -2.38. The molecule has 158 valence electrons. The van der Waals surface area contributed by atoms with Gasteiger partial charge in [-0.3, -0.25) is 9.79 Å². The molecule has 0 aliphatic rings. The Balaban J connectivity index is 0.00000420. The van der Waals surface area contributed by atoms with E-state index < -0.39 is 0 Å². The van der Waals surface area contributed by atoms with Gasteiger partial charge in [-0.1, -0.05) is 46.3 Å². The molecule has 0 spiro atoms. The van der Waals surface area contributed by atoms with Crippen LogP contribution in [0.25, 0.3) is 0 Å². The number of nitrogens with zero attached hydrogens (tertiary/aromatic N) is 3. The molecule has 1 amide bonds. The van der Waals surface area contributed by atoms with Crippen LogP contribution in [0.2, 0.25) is 0 Å². The van der Waals surface area contributed by atoms with Gasteiger partial charge < -0.3 is 15.1 Å². The molecule has 0 saturated carbocycles. The topological polar surface area (TPSA) is 47.9 Å². The highest BCUT2D eigenvalue weighted by Gasteiger charge is 2.10. The maximum atomic E-state index is 12.1. The van der Waals surface area contributed by atoms with Crippen LogP contribution in [0.1, 0.15) is 28.4 Å². The Morgan fingerprint density at radius 1 is 1.10 bits per heavy atom. The summed E-state index contributed by atoms with van der Waals surface area (Å²) in [6.45, 7) is 4.30. The van der Waals surface area contributed by atoms with Crippen LogP contribution in [0.4, 0.5) is 0 Å². The summed E-state index contributed by atoms with van der Waals surface area (Å²) in [4.78, 5) is 20.6. The van der Waals surface area contributed by atoms with E-state index in [4.69, 9.17) is 4.99 Å². The summed E-state index contributed by atoms with van der Waals surface area (Å²) in [6, 6.07) is 16.0. The van der Waals surface area contributed by atoms with Crippen molar-refractivity contribution in [3.8, 4) is 0 Å². The predicted molar refractivity (Wildman–Crippen MR) is 135 cm³/mol. The van der Waals surface area contributed by atoms with Crippen LogP contribution in [0.3, 0.4) is 0 Å². The summed E-state index contributed by atoms with van der Waals surface area (Å²) in [7, 11) is 5.57. The zero-order valence-electron chi connectivity index (χ0n) is 17.5. The van der Waals surface area contributed by atoms with Crippen molar-refractivity contribution in [1.29, 1.82) is 0 Å². The second-order valence-electron chi connectivity index (χ2n) is 6.83. The SMILES string of the molecule is CCNC(=NCCc1cccc(C(=O)N(C)C)c1)N(C)Cc1ccccc1Br.I. The van der Waals surface area contributed by atoms with Gasteiger partial charge in [0.1, 0.15) is 0 Å². The van der Waals surface area contributed by atoms with Gasteiger partial charge in [-0.25, -0.2) is 0 Å². The first-order chi connectivity index (χ1) is 13.4. The summed E-state index contributed by atoms with van der Waals surface area (Å²) >= 11 is 3.61. The fourth-order valence-corrected chi connectivity index (χ4v) is 3.25. The molecule has 2 aromatic carbocycles. The van der Waals surface area contributed by atoms with Gasteiger partial charge >= 0.3 is 0 Å². The number of guanidine groups is 1. The Kier molecular flexibility index (Phi) is 11.3. The van der Waals surface area contributed by atoms with E-state index in [9.17, 15) is 4.79 Å². The minimum atomic E-state index is 0. The molecule has 0 aliphatic carbocycles. The van der Waals surface area contributed by atoms with E-state index in [1.54, 1.807) is 19.0 Å². The molecule has 0 fully saturated rings. The molecule has 0 aliphatic heterocycles. The minimum Gasteiger partial charge on any atom is -0.357 e. The molecule has 0 bridgehead atoms. The Hall–Kier alpha value is -1.61. The zero-order valence-corrected chi connectivity index (χ0v) is 21.4. The highest BCUT2D eigenvalue weighted by molar-refractivity contribution is 14.0. The molecule has 1 N–H and O–H groups in total. The van der Waals surface area contributed by atoms with Crippen LogP contribution in [0.5, 0.6) is 0 Å². The van der Waals surface area contributed by atoms with E-state index in [-0.39, 0.29) is 29.9 Å². The van der Waals surface area contributed by atoms with E-state index in [1.165, 1.54) is 5.56 Å². The van der Waals surface area contributed by atoms with Crippen LogP contribution < -0.4 is 5.32 Å². The van der Waals surface area contributed by atoms with Crippen molar-refractivity contribution >= 4 is 51.8 Å². The number of carbonyl (C=O) groups excluding carboxylic acids is 1. The highest BCUT2D eigenvalue weighted by atomic mass is 127. The molecule has 0 saturated heterocycles. The molecule has 0 unspecified atom stereocenters. The molecule has 0 atom stereocenters. The molecule has 0 aromatic heterocycles. The first kappa shape index (κ1) is 25.4. The van der Waals surface area contributed by atoms with Crippen molar-refractivity contribution in [2.45, 2.75) is 19.9 Å². The van der Waals surface area contributed by atoms with Gasteiger partial charge in [-0.05, 0) is 42.7 Å². The maximum Gasteiger partial charge on any atom is 0.253 e. The first-order valence-electron chi connectivity index (χ1n) is 9.45. The lowest BCUT2D eigenvalue weighted by Gasteiger charge is -2.22. The van der Waals surface area contributed by atoms with Gasteiger partial charge in [0.15, 0.2) is 5.96 Å². The average Bonchev–Trinajstić information content (AvgIpc) is 2.68. The number of hydrogen-bond acceptors (Lipinski definition) is 2. The predicted octanol–water partition coefficient (Wildman–Crippen LogP) is 4.41. The van der Waals surface area contributed by atoms with Gasteiger partial charge in [0, 0.05) is 50.8 Å². The Labute approximate surface area is 199 Å². The maximum absolute atomic E-state index is 12.1. The monoisotopic (exact) mass is 572 g/mol. The molecule has 0 radical (unpaired) electrons. The Morgan fingerprint density at radius 3 is 2.48 bits per heavy atom. The summed E-state index contributed by atoms with van der Waals surface area (Å²) in [5, 5.41) is 3.35. The summed E-state index contributed by atoms with van der Waals surface area (Å²) in [6.07, 6.45) is 0.784. The van der Waals surface area contributed by atoms with Gasteiger partial charge in [-0.2, -0.15) is 0 Å². The molecule has 0 heterocycles. The first-order valence-corrected chi connectivity index (χ1v) is 10.2. The standard InChI is InChI=1S/C22H29BrN4O.HI/c1-5-24-22(27(4)16-19-10-6-7-12-20(19)23)25-14-13-17-9-8-11-18(15-17)21(28)26(2)3;/h6-12,15H,5,13-14,16H2,1-4H3,(H,24,25);1H. The second-order valence-corrected chi connectivity index (χ2v) is 7.69. The second kappa shape index (κ2) is 12.8. The van der Waals surface area contributed by atoms with Gasteiger partial charge in [0.2, 0.25) is 0 Å². The van der Waals surface area contributed by atoms with Crippen molar-refractivity contribution in [1.82, 2.24) is 15.1 Å². The van der Waals surface area contributed by atoms with E-state index >= 15 is 0 Å². The zero-order chi connectivity index (χ0) is 20.5. The molecule has 2 rings (SSSR count). The number of rotatable bonds is 7. The van der Waals surface area contributed by atoms with Crippen LogP contribution in [0, 0.1) is 0 Å². The highest BCUT2D eigenvalue weighted by Crippen LogP contribution is 2.17. The third kappa shape index (κ3) is 7.97. The van der Waals surface area contributed by atoms with Crippen molar-refractivity contribution in [2.24, 2.45) is 4.99 Å². The smallest absolute Gasteiger partial charge is 0.253 e. The van der Waals surface area contributed by atoms with Crippen LogP contribution in [0.15, 0.2) is 58.0 Å². The van der Waals surface area contributed by atoms with Gasteiger partial charge in [-0.15, -0.1) is 24.0 Å². The van der Waals surface area contributed by atoms with E-state index in [1.807, 2.05) is 43.4 Å².